The first kappa shape index (κ1) is 18.7. The summed E-state index contributed by atoms with van der Waals surface area (Å²) in [6, 6.07) is 3.60. The Bertz CT molecular complexity index is 864. The highest BCUT2D eigenvalue weighted by atomic mass is 35.5. The standard InChI is InChI=1S/C18H18Cl2N2O4/c1-2-26-18(25)12-9-21-16-11(14(12)19)3-4-13(15(16)20)22-7-5-10(6-8-22)17(23)24/h3-4,9-10H,2,5-8H2,1H3,(H,23,24). The van der Waals surface area contributed by atoms with Gasteiger partial charge in [0.15, 0.2) is 0 Å². The van der Waals surface area contributed by atoms with Crippen LogP contribution in [-0.2, 0) is 9.53 Å². The maximum atomic E-state index is 12.0. The second kappa shape index (κ2) is 7.68. The second-order valence-corrected chi connectivity index (χ2v) is 6.86. The van der Waals surface area contributed by atoms with Crippen molar-refractivity contribution in [3.05, 3.63) is 33.9 Å². The molecule has 1 aliphatic rings. The number of carboxylic acid groups (broad SMARTS) is 1. The van der Waals surface area contributed by atoms with Crippen LogP contribution in [0.3, 0.4) is 0 Å². The number of rotatable bonds is 4. The number of aromatic nitrogens is 1. The smallest absolute Gasteiger partial charge is 0.341 e. The molecule has 1 aromatic heterocycles. The van der Waals surface area contributed by atoms with Crippen molar-refractivity contribution in [2.75, 3.05) is 24.6 Å². The van der Waals surface area contributed by atoms with E-state index in [1.165, 1.54) is 6.20 Å². The number of esters is 1. The fourth-order valence-corrected chi connectivity index (χ4v) is 3.76. The van der Waals surface area contributed by atoms with Gasteiger partial charge in [0, 0.05) is 24.7 Å². The Kier molecular flexibility index (Phi) is 5.53. The predicted molar refractivity (Wildman–Crippen MR) is 100 cm³/mol. The van der Waals surface area contributed by atoms with Crippen LogP contribution in [0.4, 0.5) is 5.69 Å². The van der Waals surface area contributed by atoms with Crippen molar-refractivity contribution < 1.29 is 19.4 Å². The fourth-order valence-electron chi connectivity index (χ4n) is 3.15. The lowest BCUT2D eigenvalue weighted by atomic mass is 9.96. The number of carbonyl (C=O) groups is 2. The lowest BCUT2D eigenvalue weighted by molar-refractivity contribution is -0.142. The number of pyridine rings is 1. The zero-order valence-corrected chi connectivity index (χ0v) is 15.7. The minimum absolute atomic E-state index is 0.201. The fraction of sp³-hybridized carbons (Fsp3) is 0.389. The molecule has 1 fully saturated rings. The maximum Gasteiger partial charge on any atom is 0.341 e. The summed E-state index contributed by atoms with van der Waals surface area (Å²) >= 11 is 12.9. The van der Waals surface area contributed by atoms with Crippen molar-refractivity contribution in [3.8, 4) is 0 Å². The van der Waals surface area contributed by atoms with E-state index in [4.69, 9.17) is 33.0 Å². The lowest BCUT2D eigenvalue weighted by Gasteiger charge is -2.32. The number of piperidine rings is 1. The Balaban J connectivity index is 1.93. The van der Waals surface area contributed by atoms with E-state index in [0.717, 1.165) is 5.69 Å². The summed E-state index contributed by atoms with van der Waals surface area (Å²) in [5, 5.41) is 10.4. The molecule has 6 nitrogen and oxygen atoms in total. The van der Waals surface area contributed by atoms with E-state index in [1.54, 1.807) is 13.0 Å². The average molecular weight is 397 g/mol. The Labute approximate surface area is 160 Å². The Morgan fingerprint density at radius 1 is 1.27 bits per heavy atom. The first-order valence-corrected chi connectivity index (χ1v) is 9.11. The second-order valence-electron chi connectivity index (χ2n) is 6.10. The van der Waals surface area contributed by atoms with Gasteiger partial charge >= 0.3 is 11.9 Å². The summed E-state index contributed by atoms with van der Waals surface area (Å²) in [7, 11) is 0. The topological polar surface area (TPSA) is 79.7 Å². The molecular formula is C18H18Cl2N2O4. The predicted octanol–water partition coefficient (Wildman–Crippen LogP) is 4.02. The van der Waals surface area contributed by atoms with Gasteiger partial charge in [0.2, 0.25) is 0 Å². The van der Waals surface area contributed by atoms with Gasteiger partial charge in [0.05, 0.1) is 39.3 Å². The number of aliphatic carboxylic acids is 1. The number of ether oxygens (including phenoxy) is 1. The molecule has 1 saturated heterocycles. The number of halogens is 2. The van der Waals surface area contributed by atoms with Crippen LogP contribution in [0.1, 0.15) is 30.1 Å². The monoisotopic (exact) mass is 396 g/mol. The molecule has 8 heteroatoms. The van der Waals surface area contributed by atoms with Gasteiger partial charge in [-0.15, -0.1) is 0 Å². The largest absolute Gasteiger partial charge is 0.481 e. The molecule has 0 radical (unpaired) electrons. The molecule has 2 heterocycles. The van der Waals surface area contributed by atoms with Gasteiger partial charge in [0.25, 0.3) is 0 Å². The molecule has 138 valence electrons. The van der Waals surface area contributed by atoms with Crippen molar-refractivity contribution in [3.63, 3.8) is 0 Å². The van der Waals surface area contributed by atoms with Crippen LogP contribution in [0.5, 0.6) is 0 Å². The van der Waals surface area contributed by atoms with Crippen molar-refractivity contribution in [1.82, 2.24) is 4.98 Å². The molecule has 0 bridgehead atoms. The van der Waals surface area contributed by atoms with Gasteiger partial charge in [0.1, 0.15) is 0 Å². The minimum atomic E-state index is -0.755. The summed E-state index contributed by atoms with van der Waals surface area (Å²) in [6.45, 7) is 3.18. The van der Waals surface area contributed by atoms with E-state index in [9.17, 15) is 9.59 Å². The molecule has 1 aromatic carbocycles. The van der Waals surface area contributed by atoms with E-state index in [-0.39, 0.29) is 23.1 Å². The molecule has 1 aliphatic heterocycles. The van der Waals surface area contributed by atoms with Gasteiger partial charge in [-0.05, 0) is 31.9 Å². The van der Waals surface area contributed by atoms with Crippen molar-refractivity contribution in [1.29, 1.82) is 0 Å². The van der Waals surface area contributed by atoms with Crippen LogP contribution in [-0.4, -0.2) is 41.7 Å². The normalized spacial score (nSPS) is 15.3. The molecule has 0 saturated carbocycles. The number of carbonyl (C=O) groups excluding carboxylic acids is 1. The van der Waals surface area contributed by atoms with Crippen LogP contribution >= 0.6 is 23.2 Å². The SMILES string of the molecule is CCOC(=O)c1cnc2c(Cl)c(N3CCC(C(=O)O)CC3)ccc2c1Cl. The van der Waals surface area contributed by atoms with Crippen LogP contribution in [0.25, 0.3) is 10.9 Å². The zero-order valence-electron chi connectivity index (χ0n) is 14.2. The number of fused-ring (bicyclic) bond motifs is 1. The van der Waals surface area contributed by atoms with Gasteiger partial charge in [-0.25, -0.2) is 4.79 Å². The molecule has 0 atom stereocenters. The maximum absolute atomic E-state index is 12.0. The molecular weight excluding hydrogens is 379 g/mol. The van der Waals surface area contributed by atoms with Crippen LogP contribution in [0, 0.1) is 5.92 Å². The average Bonchev–Trinajstić information content (AvgIpc) is 2.63. The summed E-state index contributed by atoms with van der Waals surface area (Å²) in [6.07, 6.45) is 2.51. The highest BCUT2D eigenvalue weighted by molar-refractivity contribution is 6.42. The van der Waals surface area contributed by atoms with Crippen LogP contribution < -0.4 is 4.90 Å². The van der Waals surface area contributed by atoms with E-state index in [2.05, 4.69) is 9.88 Å². The molecule has 0 aliphatic carbocycles. The van der Waals surface area contributed by atoms with Crippen molar-refractivity contribution in [2.45, 2.75) is 19.8 Å². The zero-order chi connectivity index (χ0) is 18.8. The Morgan fingerprint density at radius 3 is 2.58 bits per heavy atom. The summed E-state index contributed by atoms with van der Waals surface area (Å²) in [5.41, 5.74) is 1.49. The van der Waals surface area contributed by atoms with E-state index >= 15 is 0 Å². The number of hydrogen-bond acceptors (Lipinski definition) is 5. The third kappa shape index (κ3) is 3.44. The highest BCUT2D eigenvalue weighted by Crippen LogP contribution is 2.37. The summed E-state index contributed by atoms with van der Waals surface area (Å²) in [5.74, 6) is -1.60. The summed E-state index contributed by atoms with van der Waals surface area (Å²) < 4.78 is 4.98. The molecule has 2 aromatic rings. The first-order valence-electron chi connectivity index (χ1n) is 8.35. The van der Waals surface area contributed by atoms with Crippen LogP contribution in [0.2, 0.25) is 10.0 Å². The molecule has 0 unspecified atom stereocenters. The minimum Gasteiger partial charge on any atom is -0.481 e. The molecule has 3 rings (SSSR count). The molecule has 0 amide bonds. The van der Waals surface area contributed by atoms with Crippen molar-refractivity contribution in [2.24, 2.45) is 5.92 Å². The van der Waals surface area contributed by atoms with Crippen LogP contribution in [0.15, 0.2) is 18.3 Å². The number of nitrogens with zero attached hydrogens (tertiary/aromatic N) is 2. The summed E-state index contributed by atoms with van der Waals surface area (Å²) in [4.78, 5) is 29.4. The van der Waals surface area contributed by atoms with Gasteiger partial charge < -0.3 is 14.7 Å². The number of anilines is 1. The third-order valence-electron chi connectivity index (χ3n) is 4.57. The van der Waals surface area contributed by atoms with E-state index in [1.807, 2.05) is 6.07 Å². The van der Waals surface area contributed by atoms with E-state index in [0.29, 0.717) is 41.9 Å². The Morgan fingerprint density at radius 2 is 1.96 bits per heavy atom. The highest BCUT2D eigenvalue weighted by Gasteiger charge is 2.26. The van der Waals surface area contributed by atoms with Gasteiger partial charge in [-0.3, -0.25) is 9.78 Å². The Hall–Kier alpha value is -2.05. The molecule has 0 spiro atoms. The quantitative estimate of drug-likeness (QED) is 0.786. The molecule has 26 heavy (non-hydrogen) atoms. The number of hydrogen-bond donors (Lipinski definition) is 1. The number of benzene rings is 1. The van der Waals surface area contributed by atoms with Crippen molar-refractivity contribution >= 4 is 51.7 Å². The van der Waals surface area contributed by atoms with Gasteiger partial charge in [-0.2, -0.15) is 0 Å². The lowest BCUT2D eigenvalue weighted by Crippen LogP contribution is -2.36. The number of carboxylic acids is 1. The molecule has 1 N–H and O–H groups in total. The third-order valence-corrected chi connectivity index (χ3v) is 5.35. The van der Waals surface area contributed by atoms with Gasteiger partial charge in [-0.1, -0.05) is 23.2 Å². The van der Waals surface area contributed by atoms with E-state index < -0.39 is 11.9 Å². The first-order chi connectivity index (χ1) is 12.4.